The molecule has 40 heavy (non-hydrogen) atoms. The molecule has 0 aliphatic carbocycles. The summed E-state index contributed by atoms with van der Waals surface area (Å²) in [7, 11) is 7.17. The smallest absolute Gasteiger partial charge is 0.328 e. The number of rotatable bonds is 11. The van der Waals surface area contributed by atoms with Crippen molar-refractivity contribution in [3.8, 4) is 29.1 Å². The minimum Gasteiger partial charge on any atom is -0.497 e. The van der Waals surface area contributed by atoms with Gasteiger partial charge in [0, 0.05) is 36.4 Å². The summed E-state index contributed by atoms with van der Waals surface area (Å²) in [5, 5.41) is 15.6. The number of hydrogen-bond donors (Lipinski definition) is 2. The van der Waals surface area contributed by atoms with Gasteiger partial charge in [0.1, 0.15) is 5.75 Å². The van der Waals surface area contributed by atoms with E-state index in [4.69, 9.17) is 24.4 Å². The SMILES string of the molecule is COc1ccc(C#Cc2ccccc2)c(CCN(C)CCc2ccc(OC)c(OC)c2)c1.O=C(O)/C=C/C(=O)O. The third-order valence-corrected chi connectivity index (χ3v) is 5.79. The van der Waals surface area contributed by atoms with Gasteiger partial charge in [-0.1, -0.05) is 36.1 Å². The highest BCUT2D eigenvalue weighted by Gasteiger charge is 2.08. The van der Waals surface area contributed by atoms with Crippen LogP contribution in [0.2, 0.25) is 0 Å². The summed E-state index contributed by atoms with van der Waals surface area (Å²) < 4.78 is 16.2. The first-order chi connectivity index (χ1) is 19.2. The molecule has 0 aliphatic heterocycles. The Morgan fingerprint density at radius 3 is 2.02 bits per heavy atom. The lowest BCUT2D eigenvalue weighted by Crippen LogP contribution is -2.24. The summed E-state index contributed by atoms with van der Waals surface area (Å²) in [4.78, 5) is 21.4. The Morgan fingerprint density at radius 2 is 1.43 bits per heavy atom. The molecule has 0 heterocycles. The molecule has 0 bridgehead atoms. The predicted octanol–water partition coefficient (Wildman–Crippen LogP) is 4.54. The first-order valence-corrected chi connectivity index (χ1v) is 12.5. The Labute approximate surface area is 235 Å². The topological polar surface area (TPSA) is 106 Å². The maximum absolute atomic E-state index is 9.55. The lowest BCUT2D eigenvalue weighted by molar-refractivity contribution is -0.134. The van der Waals surface area contributed by atoms with Gasteiger partial charge in [-0.05, 0) is 73.5 Å². The Morgan fingerprint density at radius 1 is 0.775 bits per heavy atom. The molecule has 0 aliphatic rings. The quantitative estimate of drug-likeness (QED) is 0.267. The fourth-order valence-electron chi connectivity index (χ4n) is 3.61. The molecular formula is C32H35NO7. The van der Waals surface area contributed by atoms with Gasteiger partial charge in [0.05, 0.1) is 21.3 Å². The van der Waals surface area contributed by atoms with Gasteiger partial charge in [0.25, 0.3) is 0 Å². The number of methoxy groups -OCH3 is 3. The zero-order valence-corrected chi connectivity index (χ0v) is 23.2. The van der Waals surface area contributed by atoms with Crippen molar-refractivity contribution in [1.82, 2.24) is 4.90 Å². The number of aliphatic carboxylic acids is 2. The number of ether oxygens (including phenoxy) is 3. The Balaban J connectivity index is 0.000000611. The third-order valence-electron chi connectivity index (χ3n) is 5.79. The van der Waals surface area contributed by atoms with Crippen molar-refractivity contribution < 1.29 is 34.0 Å². The van der Waals surface area contributed by atoms with Crippen molar-refractivity contribution in [2.75, 3.05) is 41.5 Å². The van der Waals surface area contributed by atoms with Crippen LogP contribution in [0.15, 0.2) is 78.9 Å². The van der Waals surface area contributed by atoms with Crippen LogP contribution in [0.1, 0.15) is 22.3 Å². The molecule has 0 spiro atoms. The van der Waals surface area contributed by atoms with Gasteiger partial charge in [0.15, 0.2) is 11.5 Å². The Kier molecular flexibility index (Phi) is 13.4. The third kappa shape index (κ3) is 11.3. The summed E-state index contributed by atoms with van der Waals surface area (Å²) in [5.41, 5.74) is 4.49. The highest BCUT2D eigenvalue weighted by molar-refractivity contribution is 5.89. The van der Waals surface area contributed by atoms with Crippen molar-refractivity contribution >= 4 is 11.9 Å². The van der Waals surface area contributed by atoms with E-state index in [1.54, 1.807) is 21.3 Å². The maximum Gasteiger partial charge on any atom is 0.328 e. The van der Waals surface area contributed by atoms with Crippen molar-refractivity contribution in [2.45, 2.75) is 12.8 Å². The van der Waals surface area contributed by atoms with E-state index in [1.165, 1.54) is 11.1 Å². The van der Waals surface area contributed by atoms with E-state index in [2.05, 4.69) is 35.9 Å². The van der Waals surface area contributed by atoms with Crippen molar-refractivity contribution in [3.63, 3.8) is 0 Å². The molecule has 0 amide bonds. The molecule has 0 saturated heterocycles. The van der Waals surface area contributed by atoms with Crippen LogP contribution in [0.3, 0.4) is 0 Å². The molecule has 0 radical (unpaired) electrons. The summed E-state index contributed by atoms with van der Waals surface area (Å²) in [6.07, 6.45) is 2.96. The molecule has 0 fully saturated rings. The van der Waals surface area contributed by atoms with Crippen LogP contribution >= 0.6 is 0 Å². The van der Waals surface area contributed by atoms with Gasteiger partial charge >= 0.3 is 11.9 Å². The van der Waals surface area contributed by atoms with Gasteiger partial charge < -0.3 is 29.3 Å². The number of nitrogens with zero attached hydrogens (tertiary/aromatic N) is 1. The van der Waals surface area contributed by atoms with Gasteiger partial charge in [-0.2, -0.15) is 0 Å². The van der Waals surface area contributed by atoms with Crippen LogP contribution in [-0.2, 0) is 22.4 Å². The van der Waals surface area contributed by atoms with Crippen molar-refractivity contribution in [1.29, 1.82) is 0 Å². The Hall–Kier alpha value is -4.74. The number of carboxylic acid groups (broad SMARTS) is 2. The lowest BCUT2D eigenvalue weighted by atomic mass is 10.0. The zero-order valence-electron chi connectivity index (χ0n) is 23.2. The normalized spacial score (nSPS) is 10.2. The van der Waals surface area contributed by atoms with E-state index in [9.17, 15) is 9.59 Å². The molecule has 0 atom stereocenters. The first kappa shape index (κ1) is 31.5. The second-order valence-corrected chi connectivity index (χ2v) is 8.64. The average Bonchev–Trinajstić information content (AvgIpc) is 2.97. The fraction of sp³-hybridized carbons (Fsp3) is 0.250. The Bertz CT molecular complexity index is 1320. The molecular weight excluding hydrogens is 510 g/mol. The molecule has 8 heteroatoms. The standard InChI is InChI=1S/C28H31NO3.C4H4O4/c1-29(18-16-23-11-15-27(31-3)28(20-23)32-4)19-17-25-21-26(30-2)14-13-24(25)12-10-22-8-6-5-7-9-22;5-3(6)1-2-4(7)8/h5-9,11,13-15,20-21H,16-19H2,1-4H3;1-2H,(H,5,6)(H,7,8)/b;2-1+. The van der Waals surface area contributed by atoms with Gasteiger partial charge in [-0.3, -0.25) is 0 Å². The van der Waals surface area contributed by atoms with E-state index < -0.39 is 11.9 Å². The van der Waals surface area contributed by atoms with Crippen LogP contribution in [0.4, 0.5) is 0 Å². The second-order valence-electron chi connectivity index (χ2n) is 8.64. The lowest BCUT2D eigenvalue weighted by Gasteiger charge is -2.18. The van der Waals surface area contributed by atoms with Gasteiger partial charge in [0.2, 0.25) is 0 Å². The van der Waals surface area contributed by atoms with Crippen LogP contribution in [0.25, 0.3) is 0 Å². The van der Waals surface area contributed by atoms with Crippen LogP contribution < -0.4 is 14.2 Å². The van der Waals surface area contributed by atoms with Crippen LogP contribution in [0, 0.1) is 11.8 Å². The number of carboxylic acids is 2. The second kappa shape index (κ2) is 17.0. The molecule has 0 unspecified atom stereocenters. The number of hydrogen-bond acceptors (Lipinski definition) is 6. The van der Waals surface area contributed by atoms with E-state index in [0.717, 1.165) is 54.3 Å². The van der Waals surface area contributed by atoms with E-state index in [0.29, 0.717) is 12.2 Å². The molecule has 0 saturated carbocycles. The average molecular weight is 546 g/mol. The first-order valence-electron chi connectivity index (χ1n) is 12.5. The molecule has 3 rings (SSSR count). The monoisotopic (exact) mass is 545 g/mol. The van der Waals surface area contributed by atoms with Crippen molar-refractivity contribution in [3.05, 3.63) is 101 Å². The predicted molar refractivity (Wildman–Crippen MR) is 154 cm³/mol. The molecule has 210 valence electrons. The fourth-order valence-corrected chi connectivity index (χ4v) is 3.61. The van der Waals surface area contributed by atoms with Crippen LogP contribution in [0.5, 0.6) is 17.2 Å². The summed E-state index contributed by atoms with van der Waals surface area (Å²) in [6, 6.07) is 22.3. The maximum atomic E-state index is 9.55. The van der Waals surface area contributed by atoms with Gasteiger partial charge in [-0.15, -0.1) is 0 Å². The largest absolute Gasteiger partial charge is 0.497 e. The minimum atomic E-state index is -1.26. The molecule has 2 N–H and O–H groups in total. The molecule has 3 aromatic carbocycles. The molecule has 3 aromatic rings. The van der Waals surface area contributed by atoms with Crippen LogP contribution in [-0.4, -0.2) is 68.5 Å². The van der Waals surface area contributed by atoms with Crippen molar-refractivity contribution in [2.24, 2.45) is 0 Å². The number of benzene rings is 3. The highest BCUT2D eigenvalue weighted by Crippen LogP contribution is 2.27. The number of carbonyl (C=O) groups is 2. The summed E-state index contributed by atoms with van der Waals surface area (Å²) in [6.45, 7) is 1.88. The number of likely N-dealkylation sites (N-methyl/N-ethyl adjacent to an activating group) is 1. The summed E-state index contributed by atoms with van der Waals surface area (Å²) >= 11 is 0. The van der Waals surface area contributed by atoms with E-state index in [1.807, 2.05) is 54.6 Å². The zero-order chi connectivity index (χ0) is 29.3. The van der Waals surface area contributed by atoms with Gasteiger partial charge in [-0.25, -0.2) is 9.59 Å². The molecule has 0 aromatic heterocycles. The minimum absolute atomic E-state index is 0.558. The summed E-state index contributed by atoms with van der Waals surface area (Å²) in [5.74, 6) is 6.47. The van der Waals surface area contributed by atoms with E-state index >= 15 is 0 Å². The molecule has 8 nitrogen and oxygen atoms in total. The highest BCUT2D eigenvalue weighted by atomic mass is 16.5. The van der Waals surface area contributed by atoms with E-state index in [-0.39, 0.29) is 0 Å².